The highest BCUT2D eigenvalue weighted by molar-refractivity contribution is 14.1. The molecular formula is C13H27IO2Si. The minimum Gasteiger partial charge on any atom is -0.411 e. The fourth-order valence-electron chi connectivity index (χ4n) is 1.91. The molecule has 1 saturated heterocycles. The molecule has 1 fully saturated rings. The van der Waals surface area contributed by atoms with Gasteiger partial charge in [-0.2, -0.15) is 0 Å². The van der Waals surface area contributed by atoms with Gasteiger partial charge in [0.1, 0.15) is 0 Å². The van der Waals surface area contributed by atoms with Gasteiger partial charge in [0.15, 0.2) is 8.32 Å². The zero-order chi connectivity index (χ0) is 13.4. The molecule has 1 unspecified atom stereocenters. The van der Waals surface area contributed by atoms with Gasteiger partial charge in [-0.3, -0.25) is 0 Å². The van der Waals surface area contributed by atoms with Crippen LogP contribution in [0, 0.1) is 5.92 Å². The molecule has 1 aliphatic heterocycles. The summed E-state index contributed by atoms with van der Waals surface area (Å²) in [7, 11) is -1.68. The standard InChI is InChI=1S/C13H27IO2Si/c1-9-10(2)15-11(8-14)12(9)16-17(6,7)13(3,4)5/h9-12H,8H2,1-7H3/t9?,10-,11+,12+/m0/s1. The van der Waals surface area contributed by atoms with Crippen LogP contribution in [0.4, 0.5) is 0 Å². The molecule has 1 aliphatic rings. The van der Waals surface area contributed by atoms with E-state index in [1.54, 1.807) is 0 Å². The van der Waals surface area contributed by atoms with E-state index in [0.29, 0.717) is 12.0 Å². The van der Waals surface area contributed by atoms with E-state index in [4.69, 9.17) is 9.16 Å². The van der Waals surface area contributed by atoms with Gasteiger partial charge in [-0.15, -0.1) is 0 Å². The van der Waals surface area contributed by atoms with Gasteiger partial charge < -0.3 is 9.16 Å². The summed E-state index contributed by atoms with van der Waals surface area (Å²) in [5.41, 5.74) is 0. The Bertz CT molecular complexity index is 263. The molecule has 0 spiro atoms. The van der Waals surface area contributed by atoms with Crippen molar-refractivity contribution in [2.24, 2.45) is 5.92 Å². The maximum Gasteiger partial charge on any atom is 0.192 e. The van der Waals surface area contributed by atoms with Gasteiger partial charge in [-0.05, 0) is 25.1 Å². The molecule has 1 heterocycles. The second-order valence-electron chi connectivity index (χ2n) is 6.74. The van der Waals surface area contributed by atoms with E-state index in [2.05, 4.69) is 70.3 Å². The first kappa shape index (κ1) is 15.9. The predicted octanol–water partition coefficient (Wildman–Crippen LogP) is 4.24. The van der Waals surface area contributed by atoms with Crippen LogP contribution in [0.1, 0.15) is 34.6 Å². The summed E-state index contributed by atoms with van der Waals surface area (Å²) >= 11 is 2.41. The third-order valence-corrected chi connectivity index (χ3v) is 9.75. The first-order valence-electron chi connectivity index (χ1n) is 6.49. The van der Waals surface area contributed by atoms with Crippen LogP contribution in [0.3, 0.4) is 0 Å². The smallest absolute Gasteiger partial charge is 0.192 e. The van der Waals surface area contributed by atoms with Crippen molar-refractivity contribution in [1.29, 1.82) is 0 Å². The van der Waals surface area contributed by atoms with E-state index in [9.17, 15) is 0 Å². The average molecular weight is 370 g/mol. The number of rotatable bonds is 3. The highest BCUT2D eigenvalue weighted by Crippen LogP contribution is 2.41. The Morgan fingerprint density at radius 1 is 1.24 bits per heavy atom. The topological polar surface area (TPSA) is 18.5 Å². The van der Waals surface area contributed by atoms with Crippen molar-refractivity contribution >= 4 is 30.9 Å². The summed E-state index contributed by atoms with van der Waals surface area (Å²) in [5.74, 6) is 0.504. The molecule has 4 heteroatoms. The monoisotopic (exact) mass is 370 g/mol. The molecule has 102 valence electrons. The quantitative estimate of drug-likeness (QED) is 0.420. The molecule has 0 aromatic carbocycles. The Morgan fingerprint density at radius 3 is 2.18 bits per heavy atom. The van der Waals surface area contributed by atoms with Gasteiger partial charge in [0, 0.05) is 10.3 Å². The highest BCUT2D eigenvalue weighted by atomic mass is 127. The van der Waals surface area contributed by atoms with Crippen molar-refractivity contribution in [2.75, 3.05) is 4.43 Å². The molecule has 0 aromatic heterocycles. The van der Waals surface area contributed by atoms with Gasteiger partial charge >= 0.3 is 0 Å². The molecular weight excluding hydrogens is 343 g/mol. The first-order chi connectivity index (χ1) is 7.60. The van der Waals surface area contributed by atoms with E-state index in [1.807, 2.05) is 0 Å². The molecule has 0 aromatic rings. The molecule has 0 bridgehead atoms. The van der Waals surface area contributed by atoms with Crippen molar-refractivity contribution in [3.8, 4) is 0 Å². The van der Waals surface area contributed by atoms with Crippen molar-refractivity contribution in [3.05, 3.63) is 0 Å². The van der Waals surface area contributed by atoms with Crippen LogP contribution in [0.15, 0.2) is 0 Å². The third kappa shape index (κ3) is 3.45. The number of alkyl halides is 1. The number of hydrogen-bond acceptors (Lipinski definition) is 2. The van der Waals surface area contributed by atoms with Crippen LogP contribution in [0.25, 0.3) is 0 Å². The minimum absolute atomic E-state index is 0.272. The molecule has 0 aliphatic carbocycles. The Labute approximate surface area is 121 Å². The molecule has 0 saturated carbocycles. The van der Waals surface area contributed by atoms with E-state index in [1.165, 1.54) is 0 Å². The van der Waals surface area contributed by atoms with Crippen LogP contribution in [0.5, 0.6) is 0 Å². The highest BCUT2D eigenvalue weighted by Gasteiger charge is 2.46. The Morgan fingerprint density at radius 2 is 1.76 bits per heavy atom. The molecule has 0 amide bonds. The van der Waals surface area contributed by atoms with Crippen LogP contribution >= 0.6 is 22.6 Å². The fourth-order valence-corrected chi connectivity index (χ4v) is 4.02. The first-order valence-corrected chi connectivity index (χ1v) is 10.9. The zero-order valence-electron chi connectivity index (χ0n) is 12.2. The Kier molecular flexibility index (Phi) is 5.12. The van der Waals surface area contributed by atoms with E-state index in [-0.39, 0.29) is 17.2 Å². The normalized spacial score (nSPS) is 35.3. The lowest BCUT2D eigenvalue weighted by Gasteiger charge is -2.40. The zero-order valence-corrected chi connectivity index (χ0v) is 15.4. The van der Waals surface area contributed by atoms with Crippen LogP contribution < -0.4 is 0 Å². The van der Waals surface area contributed by atoms with Crippen molar-refractivity contribution in [2.45, 2.75) is 71.1 Å². The molecule has 2 nitrogen and oxygen atoms in total. The maximum absolute atomic E-state index is 6.56. The van der Waals surface area contributed by atoms with E-state index in [0.717, 1.165) is 4.43 Å². The summed E-state index contributed by atoms with van der Waals surface area (Å²) in [4.78, 5) is 0. The second-order valence-corrected chi connectivity index (χ2v) is 12.4. The fraction of sp³-hybridized carbons (Fsp3) is 1.00. The van der Waals surface area contributed by atoms with Crippen LogP contribution in [-0.4, -0.2) is 31.1 Å². The van der Waals surface area contributed by atoms with Gasteiger partial charge in [-0.25, -0.2) is 0 Å². The van der Waals surface area contributed by atoms with Gasteiger partial charge in [0.25, 0.3) is 0 Å². The van der Waals surface area contributed by atoms with Gasteiger partial charge in [0.2, 0.25) is 0 Å². The summed E-state index contributed by atoms with van der Waals surface area (Å²) in [6.45, 7) is 16.0. The molecule has 17 heavy (non-hydrogen) atoms. The largest absolute Gasteiger partial charge is 0.411 e. The van der Waals surface area contributed by atoms with Gasteiger partial charge in [-0.1, -0.05) is 50.3 Å². The minimum atomic E-state index is -1.68. The summed E-state index contributed by atoms with van der Waals surface area (Å²) in [6, 6.07) is 0. The number of ether oxygens (including phenoxy) is 1. The average Bonchev–Trinajstić information content (AvgIpc) is 2.43. The van der Waals surface area contributed by atoms with E-state index >= 15 is 0 Å². The lowest BCUT2D eigenvalue weighted by Crippen LogP contribution is -2.47. The molecule has 4 atom stereocenters. The van der Waals surface area contributed by atoms with Crippen molar-refractivity contribution in [3.63, 3.8) is 0 Å². The number of halogens is 1. The van der Waals surface area contributed by atoms with Gasteiger partial charge in [0.05, 0.1) is 18.3 Å². The molecule has 0 radical (unpaired) electrons. The lowest BCUT2D eigenvalue weighted by molar-refractivity contribution is 0.0369. The Hall–Kier alpha value is 0.867. The molecule has 0 N–H and O–H groups in total. The Balaban J connectivity index is 2.79. The lowest BCUT2D eigenvalue weighted by atomic mass is 10.0. The SMILES string of the molecule is CC1[C@H](C)O[C@H](CI)[C@@H]1O[Si](C)(C)C(C)(C)C. The maximum atomic E-state index is 6.56. The summed E-state index contributed by atoms with van der Waals surface area (Å²) in [6.07, 6.45) is 0.877. The van der Waals surface area contributed by atoms with E-state index < -0.39 is 8.32 Å². The van der Waals surface area contributed by atoms with Crippen molar-refractivity contribution < 1.29 is 9.16 Å². The van der Waals surface area contributed by atoms with Crippen molar-refractivity contribution in [1.82, 2.24) is 0 Å². The third-order valence-electron chi connectivity index (χ3n) is 4.40. The van der Waals surface area contributed by atoms with Crippen LogP contribution in [0.2, 0.25) is 18.1 Å². The predicted molar refractivity (Wildman–Crippen MR) is 84.5 cm³/mol. The summed E-state index contributed by atoms with van der Waals surface area (Å²) < 4.78 is 13.6. The second kappa shape index (κ2) is 5.47. The summed E-state index contributed by atoms with van der Waals surface area (Å²) in [5, 5.41) is 0.272. The number of hydrogen-bond donors (Lipinski definition) is 0. The van der Waals surface area contributed by atoms with Crippen LogP contribution in [-0.2, 0) is 9.16 Å². The molecule has 1 rings (SSSR count).